The standard InChI is InChI=1S/C29H23Cl2FN4O4/c1-14(2)35-25-24(34-26(35)18-8-7-17(39-3)13-23(18)40-4)27(37)36(22-12-16(31)6-10-20(22)32)29(25)19-9-5-15(30)11-21(19)33-28(29)38/h5-14H,1-4H3,(H,33,38). The van der Waals surface area contributed by atoms with Crippen molar-refractivity contribution in [1.29, 1.82) is 0 Å². The molecule has 0 radical (unpaired) electrons. The SMILES string of the molecule is COc1ccc(-c2nc3c(n2C(C)C)C2(C(=O)Nc4cc(Cl)ccc42)N(c2cc(Cl)ccc2F)C3=O)c(OC)c1. The van der Waals surface area contributed by atoms with Crippen LogP contribution in [0, 0.1) is 5.82 Å². The molecule has 40 heavy (non-hydrogen) atoms. The van der Waals surface area contributed by atoms with Gasteiger partial charge in [0, 0.05) is 33.4 Å². The van der Waals surface area contributed by atoms with Crippen molar-refractivity contribution in [3.63, 3.8) is 0 Å². The first kappa shape index (κ1) is 26.2. The summed E-state index contributed by atoms with van der Waals surface area (Å²) in [5, 5.41) is 3.46. The molecule has 1 spiro atoms. The van der Waals surface area contributed by atoms with Crippen LogP contribution in [0.5, 0.6) is 11.5 Å². The minimum absolute atomic E-state index is 0.0129. The molecule has 6 rings (SSSR count). The Morgan fingerprint density at radius 2 is 1.70 bits per heavy atom. The molecule has 0 aliphatic carbocycles. The highest BCUT2D eigenvalue weighted by Crippen LogP contribution is 2.55. The van der Waals surface area contributed by atoms with Crippen LogP contribution in [0.1, 0.15) is 41.6 Å². The molecule has 3 aromatic carbocycles. The van der Waals surface area contributed by atoms with Crippen LogP contribution in [0.15, 0.2) is 54.6 Å². The highest BCUT2D eigenvalue weighted by molar-refractivity contribution is 6.32. The van der Waals surface area contributed by atoms with E-state index in [-0.39, 0.29) is 22.4 Å². The maximum absolute atomic E-state index is 15.4. The lowest BCUT2D eigenvalue weighted by Crippen LogP contribution is -2.51. The molecular formula is C29H23Cl2FN4O4. The minimum atomic E-state index is -1.80. The van der Waals surface area contributed by atoms with E-state index in [1.165, 1.54) is 19.2 Å². The number of hydrogen-bond acceptors (Lipinski definition) is 5. The van der Waals surface area contributed by atoms with Crippen molar-refractivity contribution in [2.24, 2.45) is 0 Å². The molecule has 0 bridgehead atoms. The number of carbonyl (C=O) groups is 2. The number of hydrogen-bond donors (Lipinski definition) is 1. The van der Waals surface area contributed by atoms with E-state index < -0.39 is 23.2 Å². The number of rotatable bonds is 5. The van der Waals surface area contributed by atoms with Crippen molar-refractivity contribution in [3.05, 3.63) is 87.4 Å². The highest BCUT2D eigenvalue weighted by atomic mass is 35.5. The summed E-state index contributed by atoms with van der Waals surface area (Å²) in [6.07, 6.45) is 0. The summed E-state index contributed by atoms with van der Waals surface area (Å²) < 4.78 is 28.3. The number of amides is 2. The second kappa shape index (κ2) is 9.25. The molecule has 1 aromatic heterocycles. The Labute approximate surface area is 239 Å². The number of methoxy groups -OCH3 is 2. The molecule has 204 valence electrons. The summed E-state index contributed by atoms with van der Waals surface area (Å²) in [6, 6.07) is 13.7. The van der Waals surface area contributed by atoms with Crippen LogP contribution in [0.2, 0.25) is 10.0 Å². The lowest BCUT2D eigenvalue weighted by Gasteiger charge is -2.36. The molecular weight excluding hydrogens is 558 g/mol. The number of aromatic nitrogens is 2. The predicted octanol–water partition coefficient (Wildman–Crippen LogP) is 6.45. The Morgan fingerprint density at radius 3 is 2.40 bits per heavy atom. The van der Waals surface area contributed by atoms with Crippen molar-refractivity contribution in [2.75, 3.05) is 24.4 Å². The fourth-order valence-electron chi connectivity index (χ4n) is 5.64. The monoisotopic (exact) mass is 580 g/mol. The zero-order valence-electron chi connectivity index (χ0n) is 21.9. The van der Waals surface area contributed by atoms with E-state index in [9.17, 15) is 9.59 Å². The second-order valence-electron chi connectivity index (χ2n) is 9.75. The van der Waals surface area contributed by atoms with Crippen LogP contribution in [0.25, 0.3) is 11.4 Å². The number of anilines is 2. The molecule has 2 amide bonds. The third kappa shape index (κ3) is 3.47. The number of imidazole rings is 1. The van der Waals surface area contributed by atoms with Crippen LogP contribution in [0.3, 0.4) is 0 Å². The van der Waals surface area contributed by atoms with Gasteiger partial charge in [-0.3, -0.25) is 14.5 Å². The molecule has 0 fully saturated rings. The molecule has 2 aliphatic heterocycles. The van der Waals surface area contributed by atoms with Gasteiger partial charge >= 0.3 is 0 Å². The maximum atomic E-state index is 15.4. The van der Waals surface area contributed by atoms with Gasteiger partial charge < -0.3 is 19.4 Å². The molecule has 0 saturated heterocycles. The summed E-state index contributed by atoms with van der Waals surface area (Å²) in [6.45, 7) is 3.83. The van der Waals surface area contributed by atoms with Crippen molar-refractivity contribution < 1.29 is 23.5 Å². The Hall–Kier alpha value is -4.08. The van der Waals surface area contributed by atoms with Crippen LogP contribution in [-0.4, -0.2) is 35.6 Å². The molecule has 4 aromatic rings. The summed E-state index contributed by atoms with van der Waals surface area (Å²) in [5.74, 6) is -0.466. The van der Waals surface area contributed by atoms with Crippen molar-refractivity contribution in [3.8, 4) is 22.9 Å². The van der Waals surface area contributed by atoms with Gasteiger partial charge in [0.25, 0.3) is 11.8 Å². The summed E-state index contributed by atoms with van der Waals surface area (Å²) in [5.41, 5.74) is -0.198. The van der Waals surface area contributed by atoms with Gasteiger partial charge in [-0.25, -0.2) is 9.37 Å². The first-order chi connectivity index (χ1) is 19.1. The van der Waals surface area contributed by atoms with Crippen molar-refractivity contribution >= 4 is 46.4 Å². The van der Waals surface area contributed by atoms with E-state index in [4.69, 9.17) is 37.7 Å². The quantitative estimate of drug-likeness (QED) is 0.293. The van der Waals surface area contributed by atoms with Gasteiger partial charge in [-0.2, -0.15) is 0 Å². The van der Waals surface area contributed by atoms with Gasteiger partial charge in [0.1, 0.15) is 23.1 Å². The number of carbonyl (C=O) groups excluding carboxylic acids is 2. The highest BCUT2D eigenvalue weighted by Gasteiger charge is 2.64. The smallest absolute Gasteiger partial charge is 0.280 e. The van der Waals surface area contributed by atoms with Crippen molar-refractivity contribution in [2.45, 2.75) is 25.4 Å². The number of nitrogens with one attached hydrogen (secondary N) is 1. The van der Waals surface area contributed by atoms with Gasteiger partial charge in [0.05, 0.1) is 31.2 Å². The molecule has 3 heterocycles. The zero-order chi connectivity index (χ0) is 28.5. The molecule has 11 heteroatoms. The molecule has 1 unspecified atom stereocenters. The summed E-state index contributed by atoms with van der Waals surface area (Å²) in [7, 11) is 3.07. The van der Waals surface area contributed by atoms with Gasteiger partial charge in [0.2, 0.25) is 0 Å². The largest absolute Gasteiger partial charge is 0.497 e. The topological polar surface area (TPSA) is 85.7 Å². The zero-order valence-corrected chi connectivity index (χ0v) is 23.4. The van der Waals surface area contributed by atoms with E-state index >= 15 is 4.39 Å². The number of halogens is 3. The van der Waals surface area contributed by atoms with E-state index in [1.54, 1.807) is 43.5 Å². The average Bonchev–Trinajstić information content (AvgIpc) is 3.53. The minimum Gasteiger partial charge on any atom is -0.497 e. The Bertz CT molecular complexity index is 1740. The second-order valence-corrected chi connectivity index (χ2v) is 10.6. The molecule has 1 atom stereocenters. The van der Waals surface area contributed by atoms with Crippen LogP contribution < -0.4 is 19.7 Å². The van der Waals surface area contributed by atoms with Gasteiger partial charge in [0.15, 0.2) is 11.2 Å². The number of ether oxygens (including phenoxy) is 2. The normalized spacial score (nSPS) is 17.4. The van der Waals surface area contributed by atoms with E-state index in [0.717, 1.165) is 11.0 Å². The lowest BCUT2D eigenvalue weighted by molar-refractivity contribution is -0.119. The lowest BCUT2D eigenvalue weighted by atomic mass is 9.87. The van der Waals surface area contributed by atoms with E-state index in [2.05, 4.69) is 5.32 Å². The van der Waals surface area contributed by atoms with Crippen LogP contribution in [0.4, 0.5) is 15.8 Å². The predicted molar refractivity (Wildman–Crippen MR) is 150 cm³/mol. The summed E-state index contributed by atoms with van der Waals surface area (Å²) in [4.78, 5) is 34.4. The third-order valence-electron chi connectivity index (χ3n) is 7.26. The average molecular weight is 581 g/mol. The van der Waals surface area contributed by atoms with E-state index in [1.807, 2.05) is 18.4 Å². The molecule has 0 saturated carbocycles. The van der Waals surface area contributed by atoms with Gasteiger partial charge in [-0.05, 0) is 56.3 Å². The number of benzene rings is 3. The Balaban J connectivity index is 1.73. The first-order valence-electron chi connectivity index (χ1n) is 12.4. The Kier molecular flexibility index (Phi) is 6.05. The Morgan fingerprint density at radius 1 is 0.975 bits per heavy atom. The number of nitrogens with zero attached hydrogens (tertiary/aromatic N) is 3. The van der Waals surface area contributed by atoms with Crippen LogP contribution in [-0.2, 0) is 10.3 Å². The van der Waals surface area contributed by atoms with Crippen LogP contribution >= 0.6 is 23.2 Å². The van der Waals surface area contributed by atoms with E-state index in [0.29, 0.717) is 44.9 Å². The summed E-state index contributed by atoms with van der Waals surface area (Å²) >= 11 is 12.5. The maximum Gasteiger partial charge on any atom is 0.280 e. The molecule has 8 nitrogen and oxygen atoms in total. The molecule has 1 N–H and O–H groups in total. The van der Waals surface area contributed by atoms with Gasteiger partial charge in [-0.15, -0.1) is 0 Å². The number of fused-ring (bicyclic) bond motifs is 4. The fraction of sp³-hybridized carbons (Fsp3) is 0.207. The third-order valence-corrected chi connectivity index (χ3v) is 7.73. The fourth-order valence-corrected chi connectivity index (χ4v) is 5.98. The van der Waals surface area contributed by atoms with Gasteiger partial charge in [-0.1, -0.05) is 29.3 Å². The first-order valence-corrected chi connectivity index (χ1v) is 13.1. The van der Waals surface area contributed by atoms with Crippen molar-refractivity contribution in [1.82, 2.24) is 9.55 Å². The molecule has 2 aliphatic rings.